The lowest BCUT2D eigenvalue weighted by Gasteiger charge is -2.23. The van der Waals surface area contributed by atoms with Crippen LogP contribution in [0.3, 0.4) is 0 Å². The number of benzene rings is 2. The number of nitrogens with one attached hydrogen (secondary N) is 1. The molecule has 0 saturated carbocycles. The minimum Gasteiger partial charge on any atom is -0.344 e. The Balaban J connectivity index is 1.60. The molecule has 2 atom stereocenters. The standard InChI is InChI=1S/C21H21F3N2O/c1-26-11-10-20(19(26)27)9-8-18(25-20)16-6-2-4-14(12-16)15-5-3-7-17(13-15)21(22,23)24/h2-7,12-13,18,25H,8-11H2,1H3/t18-,20+/m1/s1. The van der Waals surface area contributed by atoms with E-state index in [1.54, 1.807) is 11.0 Å². The quantitative estimate of drug-likeness (QED) is 0.845. The van der Waals surface area contributed by atoms with Gasteiger partial charge in [-0.25, -0.2) is 0 Å². The maximum absolute atomic E-state index is 13.0. The van der Waals surface area contributed by atoms with E-state index in [4.69, 9.17) is 0 Å². The Bertz CT molecular complexity index is 880. The van der Waals surface area contributed by atoms with Crippen molar-refractivity contribution in [3.05, 3.63) is 59.7 Å². The fourth-order valence-corrected chi connectivity index (χ4v) is 4.23. The fourth-order valence-electron chi connectivity index (χ4n) is 4.23. The summed E-state index contributed by atoms with van der Waals surface area (Å²) in [7, 11) is 1.82. The largest absolute Gasteiger partial charge is 0.416 e. The van der Waals surface area contributed by atoms with Crippen LogP contribution in [0.15, 0.2) is 48.5 Å². The first-order chi connectivity index (χ1) is 12.8. The zero-order chi connectivity index (χ0) is 19.2. The molecule has 142 valence electrons. The molecule has 2 aliphatic heterocycles. The lowest BCUT2D eigenvalue weighted by molar-refractivity contribution is -0.137. The molecule has 27 heavy (non-hydrogen) atoms. The molecule has 2 heterocycles. The monoisotopic (exact) mass is 374 g/mol. The molecule has 4 rings (SSSR count). The predicted octanol–water partition coefficient (Wildman–Crippen LogP) is 4.40. The number of hydrogen-bond donors (Lipinski definition) is 1. The molecule has 3 nitrogen and oxygen atoms in total. The van der Waals surface area contributed by atoms with E-state index in [0.29, 0.717) is 5.56 Å². The van der Waals surface area contributed by atoms with Gasteiger partial charge in [-0.2, -0.15) is 13.2 Å². The Morgan fingerprint density at radius 3 is 2.44 bits per heavy atom. The second-order valence-corrected chi connectivity index (χ2v) is 7.50. The zero-order valence-electron chi connectivity index (χ0n) is 15.0. The van der Waals surface area contributed by atoms with Gasteiger partial charge in [0.2, 0.25) is 5.91 Å². The molecule has 2 aromatic carbocycles. The molecule has 0 radical (unpaired) electrons. The number of amides is 1. The number of halogens is 3. The Hall–Kier alpha value is -2.34. The van der Waals surface area contributed by atoms with Crippen LogP contribution in [0.2, 0.25) is 0 Å². The number of likely N-dealkylation sites (tertiary alicyclic amines) is 1. The Kier molecular flexibility index (Phi) is 4.26. The summed E-state index contributed by atoms with van der Waals surface area (Å²) in [6.07, 6.45) is -1.94. The summed E-state index contributed by atoms with van der Waals surface area (Å²) >= 11 is 0. The third-order valence-electron chi connectivity index (χ3n) is 5.75. The Morgan fingerprint density at radius 2 is 1.78 bits per heavy atom. The predicted molar refractivity (Wildman–Crippen MR) is 97.0 cm³/mol. The van der Waals surface area contributed by atoms with E-state index in [2.05, 4.69) is 5.32 Å². The third kappa shape index (κ3) is 3.23. The maximum atomic E-state index is 13.0. The summed E-state index contributed by atoms with van der Waals surface area (Å²) in [5.74, 6) is 0.138. The van der Waals surface area contributed by atoms with E-state index in [-0.39, 0.29) is 11.9 Å². The van der Waals surface area contributed by atoms with Gasteiger partial charge in [-0.15, -0.1) is 0 Å². The van der Waals surface area contributed by atoms with Gasteiger partial charge in [0.15, 0.2) is 0 Å². The van der Waals surface area contributed by atoms with Crippen LogP contribution < -0.4 is 5.32 Å². The lowest BCUT2D eigenvalue weighted by atomic mass is 9.95. The third-order valence-corrected chi connectivity index (χ3v) is 5.75. The molecule has 0 bridgehead atoms. The first kappa shape index (κ1) is 18.0. The number of hydrogen-bond acceptors (Lipinski definition) is 2. The van der Waals surface area contributed by atoms with Crippen LogP contribution in [-0.2, 0) is 11.0 Å². The summed E-state index contributed by atoms with van der Waals surface area (Å²) < 4.78 is 39.0. The van der Waals surface area contributed by atoms with Crippen LogP contribution in [0.1, 0.15) is 36.4 Å². The average Bonchev–Trinajstić information content (AvgIpc) is 3.21. The molecule has 2 fully saturated rings. The first-order valence-electron chi connectivity index (χ1n) is 9.09. The fraction of sp³-hybridized carbons (Fsp3) is 0.381. The van der Waals surface area contributed by atoms with Crippen molar-refractivity contribution in [1.82, 2.24) is 10.2 Å². The lowest BCUT2D eigenvalue weighted by Crippen LogP contribution is -2.47. The minimum absolute atomic E-state index is 0.0335. The van der Waals surface area contributed by atoms with Crippen molar-refractivity contribution in [1.29, 1.82) is 0 Å². The summed E-state index contributed by atoms with van der Waals surface area (Å²) in [6.45, 7) is 0.753. The van der Waals surface area contributed by atoms with Crippen molar-refractivity contribution in [3.63, 3.8) is 0 Å². The van der Waals surface area contributed by atoms with E-state index in [0.717, 1.165) is 43.0 Å². The topological polar surface area (TPSA) is 32.3 Å². The highest BCUT2D eigenvalue weighted by Crippen LogP contribution is 2.40. The van der Waals surface area contributed by atoms with Crippen molar-refractivity contribution >= 4 is 5.91 Å². The summed E-state index contributed by atoms with van der Waals surface area (Å²) in [5, 5.41) is 3.51. The second-order valence-electron chi connectivity index (χ2n) is 7.50. The van der Waals surface area contributed by atoms with Gasteiger partial charge in [0.25, 0.3) is 0 Å². The zero-order valence-corrected chi connectivity index (χ0v) is 15.0. The van der Waals surface area contributed by atoms with Gasteiger partial charge >= 0.3 is 6.18 Å². The molecule has 1 amide bonds. The summed E-state index contributed by atoms with van der Waals surface area (Å²) in [6, 6.07) is 13.0. The van der Waals surface area contributed by atoms with Crippen LogP contribution in [-0.4, -0.2) is 29.9 Å². The molecule has 1 N–H and O–H groups in total. The number of likely N-dealkylation sites (N-methyl/N-ethyl adjacent to an activating group) is 1. The van der Waals surface area contributed by atoms with Gasteiger partial charge in [0.1, 0.15) is 5.54 Å². The van der Waals surface area contributed by atoms with Crippen molar-refractivity contribution in [3.8, 4) is 11.1 Å². The van der Waals surface area contributed by atoms with Crippen LogP contribution in [0, 0.1) is 0 Å². The van der Waals surface area contributed by atoms with Crippen LogP contribution >= 0.6 is 0 Å². The molecule has 2 aromatic rings. The average molecular weight is 374 g/mol. The Labute approximate surface area is 156 Å². The number of carbonyl (C=O) groups excluding carboxylic acids is 1. The Morgan fingerprint density at radius 1 is 1.07 bits per heavy atom. The highest BCUT2D eigenvalue weighted by atomic mass is 19.4. The van der Waals surface area contributed by atoms with E-state index in [1.165, 1.54) is 12.1 Å². The molecule has 0 unspecified atom stereocenters. The minimum atomic E-state index is -4.36. The number of alkyl halides is 3. The molecule has 0 aromatic heterocycles. The van der Waals surface area contributed by atoms with Gasteiger partial charge in [0, 0.05) is 19.6 Å². The summed E-state index contributed by atoms with van der Waals surface area (Å²) in [4.78, 5) is 14.2. The SMILES string of the molecule is CN1CC[C@@]2(CC[C@H](c3cccc(-c4cccc(C(F)(F)F)c4)c3)N2)C1=O. The molecule has 2 aliphatic rings. The van der Waals surface area contributed by atoms with Crippen LogP contribution in [0.4, 0.5) is 13.2 Å². The highest BCUT2D eigenvalue weighted by molar-refractivity contribution is 5.88. The van der Waals surface area contributed by atoms with E-state index in [9.17, 15) is 18.0 Å². The van der Waals surface area contributed by atoms with Crippen LogP contribution in [0.5, 0.6) is 0 Å². The van der Waals surface area contributed by atoms with Crippen molar-refractivity contribution in [2.75, 3.05) is 13.6 Å². The van der Waals surface area contributed by atoms with Gasteiger partial charge in [-0.1, -0.05) is 30.3 Å². The molecule has 6 heteroatoms. The number of nitrogens with zero attached hydrogens (tertiary/aromatic N) is 1. The van der Waals surface area contributed by atoms with Crippen molar-refractivity contribution in [2.45, 2.75) is 37.0 Å². The van der Waals surface area contributed by atoms with Crippen molar-refractivity contribution < 1.29 is 18.0 Å². The number of rotatable bonds is 2. The maximum Gasteiger partial charge on any atom is 0.416 e. The summed E-state index contributed by atoms with van der Waals surface area (Å²) in [5.41, 5.74) is 1.16. The first-order valence-corrected chi connectivity index (χ1v) is 9.09. The van der Waals surface area contributed by atoms with Crippen LogP contribution in [0.25, 0.3) is 11.1 Å². The van der Waals surface area contributed by atoms with Gasteiger partial charge in [-0.05, 0) is 54.2 Å². The second kappa shape index (κ2) is 6.37. The molecular weight excluding hydrogens is 353 g/mol. The van der Waals surface area contributed by atoms with E-state index < -0.39 is 17.3 Å². The van der Waals surface area contributed by atoms with Gasteiger partial charge in [-0.3, -0.25) is 10.1 Å². The van der Waals surface area contributed by atoms with Gasteiger partial charge in [0.05, 0.1) is 5.56 Å². The van der Waals surface area contributed by atoms with Crippen molar-refractivity contribution in [2.24, 2.45) is 0 Å². The normalized spacial score (nSPS) is 25.6. The molecule has 1 spiro atoms. The van der Waals surface area contributed by atoms with Gasteiger partial charge < -0.3 is 4.90 Å². The highest BCUT2D eigenvalue weighted by Gasteiger charge is 2.49. The van der Waals surface area contributed by atoms with E-state index in [1.807, 2.05) is 31.3 Å². The molecule has 2 saturated heterocycles. The molecule has 0 aliphatic carbocycles. The number of carbonyl (C=O) groups is 1. The smallest absolute Gasteiger partial charge is 0.344 e. The van der Waals surface area contributed by atoms with E-state index >= 15 is 0 Å². The molecular formula is C21H21F3N2O.